The van der Waals surface area contributed by atoms with Crippen molar-refractivity contribution < 1.29 is 9.90 Å². The van der Waals surface area contributed by atoms with Gasteiger partial charge in [0.05, 0.1) is 12.6 Å². The van der Waals surface area contributed by atoms with Gasteiger partial charge in [-0.2, -0.15) is 0 Å². The van der Waals surface area contributed by atoms with Crippen molar-refractivity contribution in [1.29, 1.82) is 0 Å². The molecule has 17 heavy (non-hydrogen) atoms. The summed E-state index contributed by atoms with van der Waals surface area (Å²) in [6.45, 7) is 1.65. The number of benzene rings is 1. The number of hydrogen-bond donors (Lipinski definition) is 2. The number of piperidine rings is 1. The van der Waals surface area contributed by atoms with Crippen LogP contribution in [0, 0.1) is 0 Å². The summed E-state index contributed by atoms with van der Waals surface area (Å²) in [6, 6.07) is 9.69. The standard InChI is InChI=1S/C13H18N2O2/c16-12-6-8-15(9-7-12)13(17)10-14-11-4-2-1-3-5-11/h1-5,12,14,16H,6-10H2. The van der Waals surface area contributed by atoms with Crippen molar-refractivity contribution in [2.45, 2.75) is 18.9 Å². The number of carbonyl (C=O) groups excluding carboxylic acids is 1. The molecule has 0 spiro atoms. The quantitative estimate of drug-likeness (QED) is 0.823. The van der Waals surface area contributed by atoms with Crippen molar-refractivity contribution in [2.75, 3.05) is 25.0 Å². The van der Waals surface area contributed by atoms with Crippen LogP contribution in [0.3, 0.4) is 0 Å². The first-order chi connectivity index (χ1) is 8.25. The first-order valence-corrected chi connectivity index (χ1v) is 6.00. The lowest BCUT2D eigenvalue weighted by molar-refractivity contribution is -0.131. The number of aliphatic hydroxyl groups excluding tert-OH is 1. The van der Waals surface area contributed by atoms with Gasteiger partial charge in [-0.1, -0.05) is 18.2 Å². The van der Waals surface area contributed by atoms with Gasteiger partial charge in [0.2, 0.25) is 5.91 Å². The average molecular weight is 234 g/mol. The molecule has 1 aromatic carbocycles. The molecular formula is C13H18N2O2. The predicted molar refractivity (Wildman–Crippen MR) is 66.8 cm³/mol. The number of anilines is 1. The van der Waals surface area contributed by atoms with Gasteiger partial charge in [-0.25, -0.2) is 0 Å². The SMILES string of the molecule is O=C(CNc1ccccc1)N1CCC(O)CC1. The monoisotopic (exact) mass is 234 g/mol. The van der Waals surface area contributed by atoms with Gasteiger partial charge in [0.1, 0.15) is 0 Å². The molecule has 1 amide bonds. The van der Waals surface area contributed by atoms with Gasteiger partial charge in [-0.15, -0.1) is 0 Å². The number of nitrogens with one attached hydrogen (secondary N) is 1. The predicted octanol–water partition coefficient (Wildman–Crippen LogP) is 1.08. The number of carbonyl (C=O) groups is 1. The molecule has 92 valence electrons. The molecule has 4 nitrogen and oxygen atoms in total. The number of para-hydroxylation sites is 1. The van der Waals surface area contributed by atoms with E-state index in [4.69, 9.17) is 0 Å². The van der Waals surface area contributed by atoms with Crippen LogP contribution in [0.5, 0.6) is 0 Å². The zero-order valence-corrected chi connectivity index (χ0v) is 9.80. The Morgan fingerprint density at radius 3 is 2.59 bits per heavy atom. The molecule has 0 bridgehead atoms. The van der Waals surface area contributed by atoms with Crippen LogP contribution in [0.25, 0.3) is 0 Å². The first-order valence-electron chi connectivity index (χ1n) is 6.00. The number of hydrogen-bond acceptors (Lipinski definition) is 3. The van der Waals surface area contributed by atoms with Gasteiger partial charge in [0.25, 0.3) is 0 Å². The van der Waals surface area contributed by atoms with Crippen molar-refractivity contribution in [3.63, 3.8) is 0 Å². The fourth-order valence-electron chi connectivity index (χ4n) is 1.96. The maximum absolute atomic E-state index is 11.9. The Labute approximate surface area is 101 Å². The molecule has 0 radical (unpaired) electrons. The van der Waals surface area contributed by atoms with Gasteiger partial charge in [0.15, 0.2) is 0 Å². The fourth-order valence-corrected chi connectivity index (χ4v) is 1.96. The molecule has 0 aliphatic carbocycles. The van der Waals surface area contributed by atoms with Crippen LogP contribution >= 0.6 is 0 Å². The van der Waals surface area contributed by atoms with E-state index in [0.717, 1.165) is 5.69 Å². The third-order valence-corrected chi connectivity index (χ3v) is 3.03. The van der Waals surface area contributed by atoms with E-state index in [1.807, 2.05) is 35.2 Å². The van der Waals surface area contributed by atoms with E-state index in [0.29, 0.717) is 32.5 Å². The highest BCUT2D eigenvalue weighted by Gasteiger charge is 2.20. The number of likely N-dealkylation sites (tertiary alicyclic amines) is 1. The summed E-state index contributed by atoms with van der Waals surface area (Å²) in [4.78, 5) is 13.7. The Morgan fingerprint density at radius 1 is 1.29 bits per heavy atom. The number of amides is 1. The molecule has 2 rings (SSSR count). The lowest BCUT2D eigenvalue weighted by Crippen LogP contribution is -2.42. The zero-order valence-electron chi connectivity index (χ0n) is 9.80. The van der Waals surface area contributed by atoms with Gasteiger partial charge in [-0.3, -0.25) is 4.79 Å². The van der Waals surface area contributed by atoms with Gasteiger partial charge in [-0.05, 0) is 25.0 Å². The molecule has 1 heterocycles. The van der Waals surface area contributed by atoms with Crippen LogP contribution < -0.4 is 5.32 Å². The number of aliphatic hydroxyl groups is 1. The second-order valence-corrected chi connectivity index (χ2v) is 4.33. The molecule has 1 saturated heterocycles. The Morgan fingerprint density at radius 2 is 1.94 bits per heavy atom. The normalized spacial score (nSPS) is 16.9. The smallest absolute Gasteiger partial charge is 0.241 e. The topological polar surface area (TPSA) is 52.6 Å². The highest BCUT2D eigenvalue weighted by Crippen LogP contribution is 2.10. The summed E-state index contributed by atoms with van der Waals surface area (Å²) in [5.74, 6) is 0.0979. The van der Waals surface area contributed by atoms with E-state index < -0.39 is 0 Å². The van der Waals surface area contributed by atoms with Crippen LogP contribution in [0.4, 0.5) is 5.69 Å². The second-order valence-electron chi connectivity index (χ2n) is 4.33. The molecule has 1 fully saturated rings. The molecule has 1 aromatic rings. The van der Waals surface area contributed by atoms with Crippen LogP contribution in [0.15, 0.2) is 30.3 Å². The van der Waals surface area contributed by atoms with Gasteiger partial charge in [0, 0.05) is 18.8 Å². The van der Waals surface area contributed by atoms with Crippen molar-refractivity contribution in [2.24, 2.45) is 0 Å². The maximum Gasteiger partial charge on any atom is 0.241 e. The summed E-state index contributed by atoms with van der Waals surface area (Å²) in [5.41, 5.74) is 0.956. The Kier molecular flexibility index (Phi) is 3.98. The minimum absolute atomic E-state index is 0.0979. The van der Waals surface area contributed by atoms with Crippen molar-refractivity contribution in [3.8, 4) is 0 Å². The maximum atomic E-state index is 11.9. The highest BCUT2D eigenvalue weighted by atomic mass is 16.3. The number of nitrogens with zero attached hydrogens (tertiary/aromatic N) is 1. The lowest BCUT2D eigenvalue weighted by atomic mass is 10.1. The third kappa shape index (κ3) is 3.46. The molecule has 0 saturated carbocycles. The second kappa shape index (κ2) is 5.68. The Balaban J connectivity index is 1.78. The number of rotatable bonds is 3. The lowest BCUT2D eigenvalue weighted by Gasteiger charge is -2.29. The van der Waals surface area contributed by atoms with Crippen molar-refractivity contribution in [3.05, 3.63) is 30.3 Å². The molecular weight excluding hydrogens is 216 g/mol. The van der Waals surface area contributed by atoms with E-state index in [1.54, 1.807) is 0 Å². The van der Waals surface area contributed by atoms with Crippen LogP contribution in [0.1, 0.15) is 12.8 Å². The molecule has 0 atom stereocenters. The molecule has 0 unspecified atom stereocenters. The largest absolute Gasteiger partial charge is 0.393 e. The zero-order chi connectivity index (χ0) is 12.1. The van der Waals surface area contributed by atoms with E-state index in [9.17, 15) is 9.90 Å². The highest BCUT2D eigenvalue weighted by molar-refractivity contribution is 5.80. The minimum Gasteiger partial charge on any atom is -0.393 e. The molecule has 2 N–H and O–H groups in total. The van der Waals surface area contributed by atoms with Crippen LogP contribution in [-0.2, 0) is 4.79 Å². The minimum atomic E-state index is -0.235. The van der Waals surface area contributed by atoms with Crippen molar-refractivity contribution >= 4 is 11.6 Å². The van der Waals surface area contributed by atoms with E-state index >= 15 is 0 Å². The Bertz CT molecular complexity index is 359. The summed E-state index contributed by atoms with van der Waals surface area (Å²) in [5, 5.41) is 12.5. The van der Waals surface area contributed by atoms with E-state index in [1.165, 1.54) is 0 Å². The van der Waals surface area contributed by atoms with E-state index in [2.05, 4.69) is 5.32 Å². The molecule has 1 aliphatic heterocycles. The average Bonchev–Trinajstić information content (AvgIpc) is 2.38. The molecule has 0 aromatic heterocycles. The van der Waals surface area contributed by atoms with Gasteiger partial charge >= 0.3 is 0 Å². The van der Waals surface area contributed by atoms with Crippen LogP contribution in [0.2, 0.25) is 0 Å². The van der Waals surface area contributed by atoms with Crippen LogP contribution in [-0.4, -0.2) is 41.7 Å². The summed E-state index contributed by atoms with van der Waals surface area (Å²) < 4.78 is 0. The van der Waals surface area contributed by atoms with Gasteiger partial charge < -0.3 is 15.3 Å². The molecule has 1 aliphatic rings. The first kappa shape index (κ1) is 11.9. The van der Waals surface area contributed by atoms with E-state index in [-0.39, 0.29) is 12.0 Å². The third-order valence-electron chi connectivity index (χ3n) is 3.03. The Hall–Kier alpha value is -1.55. The van der Waals surface area contributed by atoms with Crippen molar-refractivity contribution in [1.82, 2.24) is 4.90 Å². The summed E-state index contributed by atoms with van der Waals surface area (Å²) >= 11 is 0. The summed E-state index contributed by atoms with van der Waals surface area (Å²) in [7, 11) is 0. The molecule has 4 heteroatoms. The fraction of sp³-hybridized carbons (Fsp3) is 0.462. The summed E-state index contributed by atoms with van der Waals surface area (Å²) in [6.07, 6.45) is 1.15.